The molecule has 0 saturated heterocycles. The van der Waals surface area contributed by atoms with Crippen molar-refractivity contribution in [3.05, 3.63) is 120 Å². The van der Waals surface area contributed by atoms with Crippen molar-refractivity contribution in [3.63, 3.8) is 0 Å². The third-order valence-electron chi connectivity index (χ3n) is 6.66. The van der Waals surface area contributed by atoms with Gasteiger partial charge in [-0.25, -0.2) is 0 Å². The van der Waals surface area contributed by atoms with Crippen molar-refractivity contribution in [2.24, 2.45) is 0 Å². The summed E-state index contributed by atoms with van der Waals surface area (Å²) in [4.78, 5) is 64.2. The number of aryl methyl sites for hydroxylation is 1. The van der Waals surface area contributed by atoms with Gasteiger partial charge in [0.2, 0.25) is 0 Å². The van der Waals surface area contributed by atoms with Gasteiger partial charge in [-0.3, -0.25) is 39.5 Å². The minimum Gasteiger partial charge on any atom is -0.306 e. The molecule has 5 rings (SSSR count). The number of amides is 3. The van der Waals surface area contributed by atoms with Crippen LogP contribution in [0.5, 0.6) is 0 Å². The second kappa shape index (κ2) is 10.3. The molecule has 0 aliphatic carbocycles. The zero-order valence-corrected chi connectivity index (χ0v) is 22.5. The van der Waals surface area contributed by atoms with E-state index in [9.17, 15) is 34.6 Å². The molecular formula is C28H19BrN4O7. The molecule has 1 aliphatic rings. The number of nitrogens with zero attached hydrogens (tertiary/aromatic N) is 4. The van der Waals surface area contributed by atoms with E-state index in [4.69, 9.17) is 0 Å². The summed E-state index contributed by atoms with van der Waals surface area (Å²) < 4.78 is 0.739. The maximum absolute atomic E-state index is 13.7. The normalized spacial score (nSPS) is 12.5. The Bertz CT molecular complexity index is 1750. The van der Waals surface area contributed by atoms with Crippen molar-refractivity contribution in [2.45, 2.75) is 6.92 Å². The monoisotopic (exact) mass is 602 g/mol. The molecule has 12 heteroatoms. The van der Waals surface area contributed by atoms with Gasteiger partial charge in [-0.15, -0.1) is 0 Å². The highest BCUT2D eigenvalue weighted by atomic mass is 79.9. The Morgan fingerprint density at radius 2 is 1.60 bits per heavy atom. The molecule has 0 bridgehead atoms. The Labute approximate surface area is 235 Å². The van der Waals surface area contributed by atoms with Crippen LogP contribution >= 0.6 is 15.9 Å². The van der Waals surface area contributed by atoms with Crippen LogP contribution in [0.1, 0.15) is 36.6 Å². The summed E-state index contributed by atoms with van der Waals surface area (Å²) in [5.74, 6) is -1.87. The van der Waals surface area contributed by atoms with E-state index in [-0.39, 0.29) is 18.7 Å². The van der Waals surface area contributed by atoms with Crippen molar-refractivity contribution >= 4 is 61.5 Å². The van der Waals surface area contributed by atoms with Gasteiger partial charge < -0.3 is 4.90 Å². The van der Waals surface area contributed by atoms with Gasteiger partial charge in [-0.05, 0) is 54.3 Å². The Morgan fingerprint density at radius 1 is 0.900 bits per heavy atom. The molecule has 0 saturated carbocycles. The molecule has 0 aromatic heterocycles. The fourth-order valence-electron chi connectivity index (χ4n) is 4.77. The van der Waals surface area contributed by atoms with E-state index in [1.165, 1.54) is 4.90 Å². The fourth-order valence-corrected chi connectivity index (χ4v) is 5.23. The summed E-state index contributed by atoms with van der Waals surface area (Å²) in [6.45, 7) is 1.41. The standard InChI is InChI=1S/C28H19BrN4O7/c1-16-4-2-5-17(14-16)30(26(34)20-9-8-18(32(37)38)15-24(20)33(39)40)12-13-31-27(35)21-7-3-6-19-23(29)11-10-22(25(19)21)28(31)36/h2-11,14-15H,12-13H2,1H3. The number of imide groups is 1. The Balaban J connectivity index is 1.53. The minimum absolute atomic E-state index is 0.185. The third-order valence-corrected chi connectivity index (χ3v) is 7.35. The van der Waals surface area contributed by atoms with Gasteiger partial charge in [-0.1, -0.05) is 40.2 Å². The smallest absolute Gasteiger partial charge is 0.289 e. The number of carbonyl (C=O) groups excluding carboxylic acids is 3. The van der Waals surface area contributed by atoms with Crippen LogP contribution in [-0.2, 0) is 0 Å². The third kappa shape index (κ3) is 4.58. The van der Waals surface area contributed by atoms with E-state index < -0.39 is 38.9 Å². The van der Waals surface area contributed by atoms with E-state index in [1.807, 2.05) is 0 Å². The van der Waals surface area contributed by atoms with Gasteiger partial charge in [0, 0.05) is 45.8 Å². The number of rotatable bonds is 7. The van der Waals surface area contributed by atoms with Crippen LogP contribution in [0.15, 0.2) is 77.3 Å². The quantitative estimate of drug-likeness (QED) is 0.150. The Hall–Kier alpha value is -4.97. The van der Waals surface area contributed by atoms with Crippen molar-refractivity contribution in [2.75, 3.05) is 18.0 Å². The molecule has 40 heavy (non-hydrogen) atoms. The van der Waals surface area contributed by atoms with Crippen molar-refractivity contribution in [1.82, 2.24) is 4.90 Å². The number of halogens is 1. The highest BCUT2D eigenvalue weighted by Crippen LogP contribution is 2.34. The molecule has 200 valence electrons. The first kappa shape index (κ1) is 26.6. The lowest BCUT2D eigenvalue weighted by atomic mass is 9.94. The van der Waals surface area contributed by atoms with Gasteiger partial charge in [0.15, 0.2) is 0 Å². The van der Waals surface area contributed by atoms with Gasteiger partial charge in [-0.2, -0.15) is 0 Å². The zero-order valence-electron chi connectivity index (χ0n) is 20.9. The lowest BCUT2D eigenvalue weighted by Gasteiger charge is -2.30. The lowest BCUT2D eigenvalue weighted by molar-refractivity contribution is -0.394. The molecule has 1 aliphatic heterocycles. The maximum Gasteiger partial charge on any atom is 0.289 e. The molecule has 0 N–H and O–H groups in total. The van der Waals surface area contributed by atoms with Crippen LogP contribution < -0.4 is 4.90 Å². The van der Waals surface area contributed by atoms with E-state index in [0.717, 1.165) is 38.5 Å². The molecule has 11 nitrogen and oxygen atoms in total. The van der Waals surface area contributed by atoms with Crippen molar-refractivity contribution in [1.29, 1.82) is 0 Å². The molecule has 0 unspecified atom stereocenters. The summed E-state index contributed by atoms with van der Waals surface area (Å²) in [6, 6.07) is 18.1. The fraction of sp³-hybridized carbons (Fsp3) is 0.107. The summed E-state index contributed by atoms with van der Waals surface area (Å²) in [5, 5.41) is 24.2. The summed E-state index contributed by atoms with van der Waals surface area (Å²) >= 11 is 3.46. The van der Waals surface area contributed by atoms with Gasteiger partial charge in [0.1, 0.15) is 5.56 Å². The average Bonchev–Trinajstić information content (AvgIpc) is 2.93. The highest BCUT2D eigenvalue weighted by Gasteiger charge is 2.35. The predicted octanol–water partition coefficient (Wildman–Crippen LogP) is 5.67. The second-order valence-corrected chi connectivity index (χ2v) is 9.95. The van der Waals surface area contributed by atoms with Crippen molar-refractivity contribution < 1.29 is 24.2 Å². The van der Waals surface area contributed by atoms with Crippen LogP contribution in [0.2, 0.25) is 0 Å². The molecule has 3 amide bonds. The van der Waals surface area contributed by atoms with E-state index in [1.54, 1.807) is 61.5 Å². The number of carbonyl (C=O) groups is 3. The molecule has 0 fully saturated rings. The SMILES string of the molecule is Cc1cccc(N(CCN2C(=O)c3cccc4c(Br)ccc(c34)C2=O)C(=O)c2ccc([N+](=O)[O-])cc2[N+](=O)[O-])c1. The largest absolute Gasteiger partial charge is 0.306 e. The van der Waals surface area contributed by atoms with Crippen LogP contribution in [0, 0.1) is 27.2 Å². The van der Waals surface area contributed by atoms with Crippen LogP contribution in [0.4, 0.5) is 17.1 Å². The number of hydrogen-bond donors (Lipinski definition) is 0. The molecule has 4 aromatic carbocycles. The number of nitro benzene ring substituents is 2. The van der Waals surface area contributed by atoms with Gasteiger partial charge in [0.05, 0.1) is 15.9 Å². The second-order valence-electron chi connectivity index (χ2n) is 9.10. The van der Waals surface area contributed by atoms with Crippen molar-refractivity contribution in [3.8, 4) is 0 Å². The maximum atomic E-state index is 13.7. The molecule has 4 aromatic rings. The zero-order chi connectivity index (χ0) is 28.7. The summed E-state index contributed by atoms with van der Waals surface area (Å²) in [5.41, 5.74) is 0.224. The average molecular weight is 603 g/mol. The van der Waals surface area contributed by atoms with Crippen LogP contribution in [-0.4, -0.2) is 45.6 Å². The number of anilines is 1. The topological polar surface area (TPSA) is 144 Å². The number of benzene rings is 4. The number of hydrogen-bond acceptors (Lipinski definition) is 7. The van der Waals surface area contributed by atoms with Gasteiger partial charge >= 0.3 is 0 Å². The molecule has 0 spiro atoms. The molecule has 1 heterocycles. The number of nitro groups is 2. The minimum atomic E-state index is -0.859. The van der Waals surface area contributed by atoms with Crippen LogP contribution in [0.25, 0.3) is 10.8 Å². The first-order chi connectivity index (χ1) is 19.1. The van der Waals surface area contributed by atoms with E-state index in [0.29, 0.717) is 22.2 Å². The lowest BCUT2D eigenvalue weighted by Crippen LogP contribution is -2.46. The molecular weight excluding hydrogens is 584 g/mol. The molecule has 0 radical (unpaired) electrons. The van der Waals surface area contributed by atoms with Crippen LogP contribution in [0.3, 0.4) is 0 Å². The Morgan fingerprint density at radius 3 is 2.27 bits per heavy atom. The summed E-state index contributed by atoms with van der Waals surface area (Å²) in [6.07, 6.45) is 0. The highest BCUT2D eigenvalue weighted by molar-refractivity contribution is 9.10. The first-order valence-electron chi connectivity index (χ1n) is 12.0. The summed E-state index contributed by atoms with van der Waals surface area (Å²) in [7, 11) is 0. The Kier molecular flexibility index (Phi) is 6.86. The van der Waals surface area contributed by atoms with E-state index in [2.05, 4.69) is 15.9 Å². The molecule has 0 atom stereocenters. The number of non-ortho nitro benzene ring substituents is 1. The van der Waals surface area contributed by atoms with E-state index >= 15 is 0 Å². The van der Waals surface area contributed by atoms with Gasteiger partial charge in [0.25, 0.3) is 29.1 Å². The predicted molar refractivity (Wildman–Crippen MR) is 150 cm³/mol. The first-order valence-corrected chi connectivity index (χ1v) is 12.8.